The van der Waals surface area contributed by atoms with Crippen LogP contribution in [-0.2, 0) is 99.1 Å². The van der Waals surface area contributed by atoms with Gasteiger partial charge >= 0.3 is 23.9 Å². The number of hydrogen-bond donors (Lipinski definition) is 15. The lowest BCUT2D eigenvalue weighted by atomic mass is 9.98. The molecule has 0 spiro atoms. The van der Waals surface area contributed by atoms with Gasteiger partial charge in [-0.3, -0.25) is 81.5 Å². The zero-order chi connectivity index (χ0) is 90.5. The number of benzene rings is 2. The lowest BCUT2D eigenvalue weighted by molar-refractivity contribution is -0.145. The molecule has 4 aliphatic heterocycles. The van der Waals surface area contributed by atoms with Crippen molar-refractivity contribution in [3.63, 3.8) is 0 Å². The molecule has 4 aliphatic rings. The van der Waals surface area contributed by atoms with Gasteiger partial charge in [0.25, 0.3) is 0 Å². The Morgan fingerprint density at radius 2 is 0.697 bits per heavy atom. The van der Waals surface area contributed by atoms with E-state index in [9.17, 15) is 102 Å². The highest BCUT2D eigenvalue weighted by Gasteiger charge is 2.47. The smallest absolute Gasteiger partial charge is 0.326 e. The molecule has 0 aromatic heterocycles. The molecule has 6 rings (SSSR count). The highest BCUT2D eigenvalue weighted by molar-refractivity contribution is 7.98. The minimum absolute atomic E-state index is 0.00162. The van der Waals surface area contributed by atoms with E-state index in [2.05, 4.69) is 53.2 Å². The Hall–Kier alpha value is -10.8. The van der Waals surface area contributed by atoms with Gasteiger partial charge in [0, 0.05) is 51.9 Å². The summed E-state index contributed by atoms with van der Waals surface area (Å²) in [7, 11) is 0. The van der Waals surface area contributed by atoms with E-state index in [1.165, 1.54) is 31.4 Å². The number of rotatable bonds is 47. The van der Waals surface area contributed by atoms with Crippen LogP contribution in [0.5, 0.6) is 0 Å². The molecule has 2 aromatic rings. The predicted molar refractivity (Wildman–Crippen MR) is 447 cm³/mol. The number of aliphatic carboxylic acids is 4. The van der Waals surface area contributed by atoms with Crippen molar-refractivity contribution in [1.82, 2.24) is 72.8 Å². The van der Waals surface area contributed by atoms with Gasteiger partial charge in [0.2, 0.25) is 82.7 Å². The number of carbonyl (C=O) groups excluding carboxylic acids is 14. The van der Waals surface area contributed by atoms with E-state index < -0.39 is 247 Å². The number of hydrogen-bond acceptors (Lipinski definition) is 20. The minimum atomic E-state index is -1.59. The molecule has 4 heterocycles. The van der Waals surface area contributed by atoms with Gasteiger partial charge in [-0.2, -0.15) is 11.8 Å². The van der Waals surface area contributed by atoms with Crippen molar-refractivity contribution in [2.24, 2.45) is 35.3 Å². The van der Waals surface area contributed by atoms with Crippen molar-refractivity contribution in [3.8, 4) is 0 Å². The molecule has 0 aliphatic carbocycles. The summed E-state index contributed by atoms with van der Waals surface area (Å²) in [6, 6.07) is -2.58. The fourth-order valence-corrected chi connectivity index (χ4v) is 16.0. The van der Waals surface area contributed by atoms with Crippen LogP contribution in [0.15, 0.2) is 60.7 Å². The maximum atomic E-state index is 15.0. The number of nitrogens with zero attached hydrogens (tertiary/aromatic N) is 4. The van der Waals surface area contributed by atoms with Crippen molar-refractivity contribution in [3.05, 3.63) is 71.8 Å². The number of nitrogens with two attached hydrogens (primary N) is 1. The van der Waals surface area contributed by atoms with Gasteiger partial charge in [-0.05, 0) is 136 Å². The largest absolute Gasteiger partial charge is 0.481 e. The Bertz CT molecular complexity index is 4020. The number of amides is 14. The van der Waals surface area contributed by atoms with Gasteiger partial charge in [0.15, 0.2) is 0 Å². The van der Waals surface area contributed by atoms with E-state index >= 15 is 4.79 Å². The van der Waals surface area contributed by atoms with Gasteiger partial charge in [0.1, 0.15) is 84.6 Å². The van der Waals surface area contributed by atoms with Gasteiger partial charge in [0.05, 0.1) is 12.5 Å². The first-order valence-corrected chi connectivity index (χ1v) is 43.5. The maximum absolute atomic E-state index is 15.0. The molecule has 38 heteroatoms. The van der Waals surface area contributed by atoms with Crippen LogP contribution in [0.2, 0.25) is 0 Å². The minimum Gasteiger partial charge on any atom is -0.481 e. The lowest BCUT2D eigenvalue weighted by Gasteiger charge is -2.33. The second-order valence-corrected chi connectivity index (χ2v) is 34.7. The molecule has 0 bridgehead atoms. The van der Waals surface area contributed by atoms with E-state index in [4.69, 9.17) is 5.73 Å². The molecule has 122 heavy (non-hydrogen) atoms. The molecule has 4 saturated heterocycles. The standard InChI is InChI=1S/C84H125N15O22S/c1-45(2)40-56(89-70(106)52(85)44-66(104)105)72(108)86-53(30-32-64(100)101)71(107)87-55(34-39-122-11)81(117)97-36-20-28-62(97)76(112)94-68(48(7)8)79(115)92-58(41-46(3)4)82(118)99-38-21-29-63(99)77(113)93-67(47(5)6)78(114)88-54(31-33-65(102)103)80(116)96-35-18-27-61(96)75(111)91-59(43-51-24-16-13-17-25-51)83(119)98-37-19-26-60(98)74(110)90-57(42-50-22-14-12-15-23-50)73(109)95-69(49(9)10)84(120)121/h12-17,22-25,45-49,52-63,67-69H,18-21,26-44,85H2,1-11H3,(H,86,108)(H,87,107)(H,88,114)(H,89,106)(H,90,110)(H,91,111)(H,92,115)(H,93,113)(H,94,112)(H,95,109)(H,100,101)(H,102,103)(H,104,105)(H,120,121)/t52-,53-,54-,55-,56-,57-,58-,59-,60-,61-,62-,63-,67-,68-,69-/m0/s1. The summed E-state index contributed by atoms with van der Waals surface area (Å²) >= 11 is 1.33. The average molecular weight is 1730 g/mol. The molecule has 4 fully saturated rings. The fraction of sp³-hybridized carbons (Fsp3) is 0.643. The van der Waals surface area contributed by atoms with Crippen LogP contribution in [0.4, 0.5) is 0 Å². The summed E-state index contributed by atoms with van der Waals surface area (Å²) in [5.74, 6) is -18.4. The fourth-order valence-electron chi connectivity index (χ4n) is 15.6. The normalized spacial score (nSPS) is 19.2. The molecule has 2 aromatic carbocycles. The average Bonchev–Trinajstić information content (AvgIpc) is 1.62. The van der Waals surface area contributed by atoms with Crippen molar-refractivity contribution >= 4 is 118 Å². The summed E-state index contributed by atoms with van der Waals surface area (Å²) in [4.78, 5) is 255. The Morgan fingerprint density at radius 1 is 0.369 bits per heavy atom. The molecule has 15 atom stereocenters. The van der Waals surface area contributed by atoms with Gasteiger partial charge in [-0.25, -0.2) is 4.79 Å². The molecule has 37 nitrogen and oxygen atoms in total. The SMILES string of the molecule is CSCC[C@H](NC(=O)[C@H](CCC(=O)O)NC(=O)[C@H](CC(C)C)NC(=O)[C@@H](N)CC(=O)O)C(=O)N1CCC[C@H]1C(=O)N[C@H](C(=O)N[C@@H](CC(C)C)C(=O)N1CCC[C@H]1C(=O)N[C@H](C(=O)N[C@@H](CCC(=O)O)C(=O)N1CCC[C@H]1C(=O)N[C@@H](Cc1ccccc1)C(=O)N1CCC[C@H]1C(=O)N[C@@H](Cc1ccccc1)C(=O)N[C@H](C(=O)O)C(C)C)C(C)C)C(C)C. The number of thioether (sulfide) groups is 1. The van der Waals surface area contributed by atoms with E-state index in [-0.39, 0.29) is 102 Å². The van der Waals surface area contributed by atoms with Gasteiger partial charge < -0.3 is 98.9 Å². The Labute approximate surface area is 715 Å². The first kappa shape index (κ1) is 100. The quantitative estimate of drug-likeness (QED) is 0.0434. The first-order chi connectivity index (χ1) is 57.6. The maximum Gasteiger partial charge on any atom is 0.326 e. The van der Waals surface area contributed by atoms with Crippen LogP contribution in [0.3, 0.4) is 0 Å². The molecule has 14 amide bonds. The van der Waals surface area contributed by atoms with Crippen LogP contribution in [0, 0.1) is 29.6 Å². The molecule has 16 N–H and O–H groups in total. The third-order valence-electron chi connectivity index (χ3n) is 22.1. The Morgan fingerprint density at radius 3 is 1.09 bits per heavy atom. The summed E-state index contributed by atoms with van der Waals surface area (Å²) in [6.07, 6.45) is 0.539. The van der Waals surface area contributed by atoms with Crippen LogP contribution in [-0.4, -0.2) is 275 Å². The summed E-state index contributed by atoms with van der Waals surface area (Å²) in [6.45, 7) is 17.0. The van der Waals surface area contributed by atoms with Crippen LogP contribution < -0.4 is 58.9 Å². The molecular formula is C84H125N15O22S. The zero-order valence-electron chi connectivity index (χ0n) is 71.5. The molecule has 0 unspecified atom stereocenters. The highest BCUT2D eigenvalue weighted by atomic mass is 32.2. The Balaban J connectivity index is 1.14. The monoisotopic (exact) mass is 1730 g/mol. The van der Waals surface area contributed by atoms with Crippen molar-refractivity contribution in [2.75, 3.05) is 38.2 Å². The van der Waals surface area contributed by atoms with Gasteiger partial charge in [-0.1, -0.05) is 130 Å². The number of likely N-dealkylation sites (tertiary alicyclic amines) is 4. The summed E-state index contributed by atoms with van der Waals surface area (Å²) in [5, 5.41) is 65.5. The molecule has 0 radical (unpaired) electrons. The second-order valence-electron chi connectivity index (χ2n) is 33.7. The highest BCUT2D eigenvalue weighted by Crippen LogP contribution is 2.28. The van der Waals surface area contributed by atoms with Crippen molar-refractivity contribution in [2.45, 2.75) is 275 Å². The first-order valence-electron chi connectivity index (χ1n) is 42.1. The van der Waals surface area contributed by atoms with Gasteiger partial charge in [-0.15, -0.1) is 0 Å². The van der Waals surface area contributed by atoms with Crippen molar-refractivity contribution < 1.29 is 107 Å². The number of carboxylic acids is 4. The zero-order valence-corrected chi connectivity index (χ0v) is 72.3. The third kappa shape index (κ3) is 29.8. The van der Waals surface area contributed by atoms with E-state index in [1.807, 2.05) is 0 Å². The molecule has 674 valence electrons. The number of carboxylic acid groups (broad SMARTS) is 4. The number of nitrogens with one attached hydrogen (secondary N) is 10. The van der Waals surface area contributed by atoms with Crippen LogP contribution in [0.1, 0.15) is 183 Å². The predicted octanol–water partition coefficient (Wildman–Crippen LogP) is 0.713. The third-order valence-corrected chi connectivity index (χ3v) is 22.7. The second kappa shape index (κ2) is 48.2. The Kier molecular flexibility index (Phi) is 39.5. The van der Waals surface area contributed by atoms with E-state index in [1.54, 1.807) is 136 Å². The topological polar surface area (TPSA) is 547 Å². The van der Waals surface area contributed by atoms with E-state index in [0.717, 1.165) is 0 Å². The molecule has 0 saturated carbocycles. The van der Waals surface area contributed by atoms with Crippen LogP contribution in [0.25, 0.3) is 0 Å². The summed E-state index contributed by atoms with van der Waals surface area (Å²) < 4.78 is 0. The lowest BCUT2D eigenvalue weighted by Crippen LogP contribution is -2.61. The number of carbonyl (C=O) groups is 18. The summed E-state index contributed by atoms with van der Waals surface area (Å²) in [5.41, 5.74) is 7.04. The molecular weight excluding hydrogens is 1600 g/mol. The van der Waals surface area contributed by atoms with E-state index in [0.29, 0.717) is 36.1 Å². The van der Waals surface area contributed by atoms with Crippen molar-refractivity contribution in [1.29, 1.82) is 0 Å². The van der Waals surface area contributed by atoms with Crippen LogP contribution >= 0.6 is 11.8 Å².